The summed E-state index contributed by atoms with van der Waals surface area (Å²) in [6, 6.07) is 14.4. The van der Waals surface area contributed by atoms with Crippen molar-refractivity contribution in [1.82, 2.24) is 15.3 Å². The first-order valence-electron chi connectivity index (χ1n) is 8.61. The zero-order chi connectivity index (χ0) is 17.7. The van der Waals surface area contributed by atoms with Crippen molar-refractivity contribution in [1.29, 1.82) is 0 Å². The van der Waals surface area contributed by atoms with Crippen LogP contribution in [-0.2, 0) is 13.0 Å². The van der Waals surface area contributed by atoms with E-state index in [1.54, 1.807) is 0 Å². The average Bonchev–Trinajstić information content (AvgIpc) is 3.22. The summed E-state index contributed by atoms with van der Waals surface area (Å²) in [4.78, 5) is 19.9. The van der Waals surface area contributed by atoms with Gasteiger partial charge in [0.15, 0.2) is 0 Å². The van der Waals surface area contributed by atoms with Crippen molar-refractivity contribution in [2.75, 3.05) is 0 Å². The number of aromatic nitrogens is 2. The molecule has 4 aromatic rings. The summed E-state index contributed by atoms with van der Waals surface area (Å²) >= 11 is 3.46. The molecule has 5 rings (SSSR count). The molecular formula is C20H16BrN3O2. The molecule has 1 unspecified atom stereocenters. The number of H-pyrrole nitrogens is 1. The minimum atomic E-state index is -0.244. The zero-order valence-electron chi connectivity index (χ0n) is 13.9. The van der Waals surface area contributed by atoms with Crippen LogP contribution in [-0.4, -0.2) is 9.97 Å². The van der Waals surface area contributed by atoms with Crippen LogP contribution in [0.4, 0.5) is 0 Å². The highest BCUT2D eigenvalue weighted by atomic mass is 79.9. The first kappa shape index (κ1) is 15.8. The second kappa shape index (κ2) is 6.07. The SMILES string of the molecule is O=c1[nH]c(CNC2CCc3ccccc32)nc2c1oc1ccc(Br)cc12. The number of hydrogen-bond donors (Lipinski definition) is 2. The second-order valence-electron chi connectivity index (χ2n) is 6.60. The van der Waals surface area contributed by atoms with Crippen LogP contribution in [0.1, 0.15) is 29.4 Å². The standard InChI is InChI=1S/C20H16BrN3O2/c21-12-6-8-16-14(9-12)18-19(26-16)20(25)24-17(23-18)10-22-15-7-5-11-3-1-2-4-13(11)15/h1-4,6,8-9,15,22H,5,7,10H2,(H,23,24,25). The van der Waals surface area contributed by atoms with Crippen LogP contribution < -0.4 is 10.9 Å². The molecule has 0 fully saturated rings. The third-order valence-electron chi connectivity index (χ3n) is 4.98. The van der Waals surface area contributed by atoms with Gasteiger partial charge in [0, 0.05) is 15.9 Å². The van der Waals surface area contributed by atoms with Gasteiger partial charge in [-0.15, -0.1) is 0 Å². The lowest BCUT2D eigenvalue weighted by molar-refractivity contribution is 0.518. The Morgan fingerprint density at radius 1 is 1.27 bits per heavy atom. The van der Waals surface area contributed by atoms with Gasteiger partial charge < -0.3 is 14.7 Å². The second-order valence-corrected chi connectivity index (χ2v) is 7.52. The van der Waals surface area contributed by atoms with E-state index in [-0.39, 0.29) is 11.1 Å². The molecule has 2 heterocycles. The van der Waals surface area contributed by atoms with E-state index >= 15 is 0 Å². The molecule has 130 valence electrons. The van der Waals surface area contributed by atoms with E-state index in [0.29, 0.717) is 29.5 Å². The number of nitrogens with zero attached hydrogens (tertiary/aromatic N) is 1. The molecule has 0 saturated heterocycles. The third kappa shape index (κ3) is 2.57. The molecule has 0 bridgehead atoms. The molecule has 5 nitrogen and oxygen atoms in total. The molecule has 1 aliphatic rings. The molecule has 0 amide bonds. The van der Waals surface area contributed by atoms with Crippen molar-refractivity contribution >= 4 is 38.0 Å². The van der Waals surface area contributed by atoms with Crippen molar-refractivity contribution in [3.05, 3.63) is 74.2 Å². The summed E-state index contributed by atoms with van der Waals surface area (Å²) in [6.45, 7) is 0.505. The van der Waals surface area contributed by atoms with Gasteiger partial charge in [0.25, 0.3) is 5.56 Å². The van der Waals surface area contributed by atoms with Crippen LogP contribution in [0.15, 0.2) is 56.1 Å². The Kier molecular flexibility index (Phi) is 3.69. The Labute approximate surface area is 157 Å². The molecule has 0 saturated carbocycles. The fraction of sp³-hybridized carbons (Fsp3) is 0.200. The Morgan fingerprint density at radius 2 is 2.15 bits per heavy atom. The lowest BCUT2D eigenvalue weighted by Crippen LogP contribution is -2.22. The van der Waals surface area contributed by atoms with E-state index in [0.717, 1.165) is 22.7 Å². The molecule has 0 spiro atoms. The molecule has 2 N–H and O–H groups in total. The molecule has 6 heteroatoms. The van der Waals surface area contributed by atoms with E-state index in [1.165, 1.54) is 11.1 Å². The highest BCUT2D eigenvalue weighted by molar-refractivity contribution is 9.10. The Morgan fingerprint density at radius 3 is 3.08 bits per heavy atom. The molecule has 0 radical (unpaired) electrons. The molecular weight excluding hydrogens is 394 g/mol. The van der Waals surface area contributed by atoms with Crippen LogP contribution in [0.25, 0.3) is 22.1 Å². The maximum atomic E-state index is 12.4. The van der Waals surface area contributed by atoms with Gasteiger partial charge in [0.05, 0.1) is 6.54 Å². The van der Waals surface area contributed by atoms with Gasteiger partial charge in [0.1, 0.15) is 16.9 Å². The summed E-state index contributed by atoms with van der Waals surface area (Å²) in [6.07, 6.45) is 2.14. The smallest absolute Gasteiger partial charge is 0.294 e. The van der Waals surface area contributed by atoms with Crippen LogP contribution in [0.5, 0.6) is 0 Å². The van der Waals surface area contributed by atoms with Gasteiger partial charge >= 0.3 is 0 Å². The van der Waals surface area contributed by atoms with Gasteiger partial charge in [-0.25, -0.2) is 4.98 Å². The predicted molar refractivity (Wildman–Crippen MR) is 104 cm³/mol. The molecule has 26 heavy (non-hydrogen) atoms. The van der Waals surface area contributed by atoms with E-state index in [9.17, 15) is 4.79 Å². The summed E-state index contributed by atoms with van der Waals surface area (Å²) in [5, 5.41) is 4.37. The molecule has 2 aromatic carbocycles. The number of hydrogen-bond acceptors (Lipinski definition) is 4. The van der Waals surface area contributed by atoms with Crippen LogP contribution in [0.3, 0.4) is 0 Å². The molecule has 0 aliphatic heterocycles. The number of nitrogens with one attached hydrogen (secondary N) is 2. The lowest BCUT2D eigenvalue weighted by Gasteiger charge is -2.13. The van der Waals surface area contributed by atoms with Gasteiger partial charge in [-0.2, -0.15) is 0 Å². The number of furan rings is 1. The minimum Gasteiger partial charge on any atom is -0.449 e. The maximum Gasteiger partial charge on any atom is 0.294 e. The van der Waals surface area contributed by atoms with Gasteiger partial charge in [-0.1, -0.05) is 40.2 Å². The molecule has 1 atom stereocenters. The summed E-state index contributed by atoms with van der Waals surface area (Å²) in [5.41, 5.74) is 4.03. The van der Waals surface area contributed by atoms with Crippen molar-refractivity contribution in [3.63, 3.8) is 0 Å². The first-order chi connectivity index (χ1) is 12.7. The monoisotopic (exact) mass is 409 g/mol. The Hall–Kier alpha value is -2.44. The van der Waals surface area contributed by atoms with Gasteiger partial charge in [-0.05, 0) is 42.2 Å². The van der Waals surface area contributed by atoms with Crippen LogP contribution in [0.2, 0.25) is 0 Å². The normalized spacial score (nSPS) is 16.4. The van der Waals surface area contributed by atoms with Gasteiger partial charge in [0.2, 0.25) is 5.58 Å². The fourth-order valence-corrected chi connectivity index (χ4v) is 4.11. The molecule has 2 aromatic heterocycles. The van der Waals surface area contributed by atoms with Gasteiger partial charge in [-0.3, -0.25) is 4.79 Å². The first-order valence-corrected chi connectivity index (χ1v) is 9.40. The van der Waals surface area contributed by atoms with Crippen molar-refractivity contribution < 1.29 is 4.42 Å². The number of fused-ring (bicyclic) bond motifs is 4. The third-order valence-corrected chi connectivity index (χ3v) is 5.48. The van der Waals surface area contributed by atoms with Crippen LogP contribution >= 0.6 is 15.9 Å². The number of aryl methyl sites for hydroxylation is 1. The highest BCUT2D eigenvalue weighted by Crippen LogP contribution is 2.31. The van der Waals surface area contributed by atoms with E-state index < -0.39 is 0 Å². The maximum absolute atomic E-state index is 12.4. The largest absolute Gasteiger partial charge is 0.449 e. The Balaban J connectivity index is 1.49. The number of aromatic amines is 1. The lowest BCUT2D eigenvalue weighted by atomic mass is 10.1. The summed E-state index contributed by atoms with van der Waals surface area (Å²) in [5.74, 6) is 0.620. The molecule has 1 aliphatic carbocycles. The highest BCUT2D eigenvalue weighted by Gasteiger charge is 2.21. The quantitative estimate of drug-likeness (QED) is 0.531. The summed E-state index contributed by atoms with van der Waals surface area (Å²) in [7, 11) is 0. The Bertz CT molecular complexity index is 1190. The van der Waals surface area contributed by atoms with Crippen molar-refractivity contribution in [2.24, 2.45) is 0 Å². The van der Waals surface area contributed by atoms with Crippen LogP contribution in [0, 0.1) is 0 Å². The summed E-state index contributed by atoms with van der Waals surface area (Å²) < 4.78 is 6.60. The van der Waals surface area contributed by atoms with E-state index in [4.69, 9.17) is 4.42 Å². The zero-order valence-corrected chi connectivity index (χ0v) is 15.5. The number of halogens is 1. The fourth-order valence-electron chi connectivity index (χ4n) is 3.75. The van der Waals surface area contributed by atoms with E-state index in [1.807, 2.05) is 18.2 Å². The van der Waals surface area contributed by atoms with Crippen molar-refractivity contribution in [2.45, 2.75) is 25.4 Å². The number of benzene rings is 2. The average molecular weight is 410 g/mol. The number of rotatable bonds is 3. The van der Waals surface area contributed by atoms with E-state index in [2.05, 4.69) is 55.5 Å². The van der Waals surface area contributed by atoms with Crippen molar-refractivity contribution in [3.8, 4) is 0 Å². The minimum absolute atomic E-state index is 0.244. The predicted octanol–water partition coefficient (Wildman–Crippen LogP) is 4.21. The topological polar surface area (TPSA) is 70.9 Å².